The molecule has 116 valence electrons. The van der Waals surface area contributed by atoms with E-state index in [1.54, 1.807) is 24.3 Å². The largest absolute Gasteiger partial charge is 1.00 e. The van der Waals surface area contributed by atoms with Gasteiger partial charge in [-0.05, 0) is 31.5 Å². The number of nitrogens with one attached hydrogen (secondary N) is 1. The summed E-state index contributed by atoms with van der Waals surface area (Å²) < 4.78 is 1.97. The van der Waals surface area contributed by atoms with Gasteiger partial charge in [0.2, 0.25) is 5.91 Å². The zero-order chi connectivity index (χ0) is 15.2. The van der Waals surface area contributed by atoms with E-state index in [-0.39, 0.29) is 28.7 Å². The van der Waals surface area contributed by atoms with Gasteiger partial charge in [0.15, 0.2) is 24.7 Å². The lowest BCUT2D eigenvalue weighted by atomic mass is 10.1. The van der Waals surface area contributed by atoms with Crippen LogP contribution in [0.4, 0.5) is 5.69 Å². The SMILES string of the molecule is CC(=O)c1cccc(NC(=O)CC[n+]2ccc(C)cc2)c1.[Br-]. The van der Waals surface area contributed by atoms with Crippen LogP contribution in [0.2, 0.25) is 0 Å². The maximum atomic E-state index is 11.9. The summed E-state index contributed by atoms with van der Waals surface area (Å²) in [5.41, 5.74) is 2.44. The Labute approximate surface area is 140 Å². The summed E-state index contributed by atoms with van der Waals surface area (Å²) in [5.74, 6) is -0.0786. The number of ketones is 1. The van der Waals surface area contributed by atoms with Crippen LogP contribution >= 0.6 is 0 Å². The van der Waals surface area contributed by atoms with Gasteiger partial charge in [-0.15, -0.1) is 0 Å². The van der Waals surface area contributed by atoms with Crippen LogP contribution in [0, 0.1) is 6.92 Å². The number of hydrogen-bond donors (Lipinski definition) is 1. The Morgan fingerprint density at radius 2 is 1.82 bits per heavy atom. The molecule has 0 saturated carbocycles. The van der Waals surface area contributed by atoms with E-state index >= 15 is 0 Å². The predicted molar refractivity (Wildman–Crippen MR) is 81.1 cm³/mol. The second-order valence-corrected chi connectivity index (χ2v) is 5.05. The normalized spacial score (nSPS) is 9.73. The van der Waals surface area contributed by atoms with Crippen molar-refractivity contribution < 1.29 is 31.1 Å². The smallest absolute Gasteiger partial charge is 0.230 e. The molecular formula is C17H19BrN2O2. The standard InChI is InChI=1S/C17H18N2O2.BrH/c1-13-6-9-19(10-7-13)11-8-17(21)18-16-5-3-4-15(12-16)14(2)20;/h3-7,9-10,12H,8,11H2,1-2H3;1H. The van der Waals surface area contributed by atoms with Crippen molar-refractivity contribution in [2.75, 3.05) is 5.32 Å². The number of carbonyl (C=O) groups is 2. The number of benzene rings is 1. The molecule has 0 fully saturated rings. The number of nitrogens with zero attached hydrogens (tertiary/aromatic N) is 1. The van der Waals surface area contributed by atoms with Gasteiger partial charge in [-0.1, -0.05) is 12.1 Å². The van der Waals surface area contributed by atoms with Crippen LogP contribution in [-0.2, 0) is 11.3 Å². The van der Waals surface area contributed by atoms with Crippen LogP contribution in [0.15, 0.2) is 48.8 Å². The molecule has 1 amide bonds. The van der Waals surface area contributed by atoms with Crippen molar-refractivity contribution in [2.24, 2.45) is 0 Å². The fourth-order valence-electron chi connectivity index (χ4n) is 1.95. The van der Waals surface area contributed by atoms with E-state index in [4.69, 9.17) is 0 Å². The zero-order valence-electron chi connectivity index (χ0n) is 12.7. The van der Waals surface area contributed by atoms with E-state index in [2.05, 4.69) is 5.32 Å². The maximum Gasteiger partial charge on any atom is 0.230 e. The van der Waals surface area contributed by atoms with Crippen LogP contribution in [0.25, 0.3) is 0 Å². The third kappa shape index (κ3) is 5.41. The summed E-state index contributed by atoms with van der Waals surface area (Å²) in [6.45, 7) is 4.16. The number of rotatable bonds is 5. The molecule has 22 heavy (non-hydrogen) atoms. The summed E-state index contributed by atoms with van der Waals surface area (Å²) in [7, 11) is 0. The van der Waals surface area contributed by atoms with Gasteiger partial charge in [-0.2, -0.15) is 0 Å². The first-order valence-corrected chi connectivity index (χ1v) is 6.91. The van der Waals surface area contributed by atoms with E-state index in [0.717, 1.165) is 0 Å². The summed E-state index contributed by atoms with van der Waals surface area (Å²) in [5, 5.41) is 2.81. The first-order chi connectivity index (χ1) is 10.0. The molecule has 0 atom stereocenters. The number of carbonyl (C=O) groups excluding carboxylic acids is 2. The van der Waals surface area contributed by atoms with Crippen LogP contribution in [-0.4, -0.2) is 11.7 Å². The van der Waals surface area contributed by atoms with Gasteiger partial charge in [-0.3, -0.25) is 9.59 Å². The molecule has 0 spiro atoms. The second-order valence-electron chi connectivity index (χ2n) is 5.05. The van der Waals surface area contributed by atoms with Gasteiger partial charge >= 0.3 is 0 Å². The summed E-state index contributed by atoms with van der Waals surface area (Å²) in [4.78, 5) is 23.2. The number of aryl methyl sites for hydroxylation is 2. The lowest BCUT2D eigenvalue weighted by molar-refractivity contribution is -0.695. The van der Waals surface area contributed by atoms with E-state index in [1.165, 1.54) is 12.5 Å². The predicted octanol–water partition coefficient (Wildman–Crippen LogP) is -0.482. The highest BCUT2D eigenvalue weighted by Gasteiger charge is 2.08. The quantitative estimate of drug-likeness (QED) is 0.576. The Bertz CT molecular complexity index is 654. The number of hydrogen-bond acceptors (Lipinski definition) is 2. The van der Waals surface area contributed by atoms with Gasteiger partial charge in [0.25, 0.3) is 0 Å². The molecule has 1 N–H and O–H groups in total. The molecule has 0 aliphatic rings. The highest BCUT2D eigenvalue weighted by atomic mass is 79.9. The van der Waals surface area contributed by atoms with E-state index in [0.29, 0.717) is 24.2 Å². The fourth-order valence-corrected chi connectivity index (χ4v) is 1.95. The third-order valence-electron chi connectivity index (χ3n) is 3.21. The van der Waals surface area contributed by atoms with Crippen LogP contribution in [0.1, 0.15) is 29.3 Å². The minimum Gasteiger partial charge on any atom is -1.00 e. The zero-order valence-corrected chi connectivity index (χ0v) is 14.3. The molecule has 0 bridgehead atoms. The van der Waals surface area contributed by atoms with Crippen LogP contribution in [0.3, 0.4) is 0 Å². The van der Waals surface area contributed by atoms with Crippen molar-refractivity contribution in [3.63, 3.8) is 0 Å². The lowest BCUT2D eigenvalue weighted by Crippen LogP contribution is -3.00. The first kappa shape index (κ1) is 18.0. The first-order valence-electron chi connectivity index (χ1n) is 6.91. The summed E-state index contributed by atoms with van der Waals surface area (Å²) in [6.07, 6.45) is 4.30. The molecule has 2 aromatic rings. The van der Waals surface area contributed by atoms with Gasteiger partial charge in [0.05, 0.1) is 6.42 Å². The Hall–Kier alpha value is -2.01. The molecule has 1 heterocycles. The Morgan fingerprint density at radius 1 is 1.14 bits per heavy atom. The van der Waals surface area contributed by atoms with Gasteiger partial charge in [0.1, 0.15) is 0 Å². The minimum atomic E-state index is -0.0659. The third-order valence-corrected chi connectivity index (χ3v) is 3.21. The fraction of sp³-hybridized carbons (Fsp3) is 0.235. The molecule has 0 saturated heterocycles. The molecule has 1 aromatic carbocycles. The molecule has 2 rings (SSSR count). The number of pyridine rings is 1. The Kier molecular flexibility index (Phi) is 6.92. The Balaban J connectivity index is 0.00000242. The molecule has 5 heteroatoms. The van der Waals surface area contributed by atoms with Crippen molar-refractivity contribution in [3.05, 3.63) is 59.9 Å². The van der Waals surface area contributed by atoms with Gasteiger partial charge in [-0.25, -0.2) is 4.57 Å². The highest BCUT2D eigenvalue weighted by Crippen LogP contribution is 2.11. The highest BCUT2D eigenvalue weighted by molar-refractivity contribution is 5.97. The number of Topliss-reactive ketones (excluding diaryl/α,β-unsaturated/α-hetero) is 1. The number of halogens is 1. The van der Waals surface area contributed by atoms with Crippen molar-refractivity contribution >= 4 is 17.4 Å². The van der Waals surface area contributed by atoms with Gasteiger partial charge < -0.3 is 22.3 Å². The number of amides is 1. The summed E-state index contributed by atoms with van der Waals surface area (Å²) >= 11 is 0. The average Bonchev–Trinajstić information content (AvgIpc) is 2.47. The number of aromatic nitrogens is 1. The Morgan fingerprint density at radius 3 is 2.45 bits per heavy atom. The maximum absolute atomic E-state index is 11.9. The van der Waals surface area contributed by atoms with E-state index in [1.807, 2.05) is 36.0 Å². The monoisotopic (exact) mass is 362 g/mol. The van der Waals surface area contributed by atoms with Crippen molar-refractivity contribution in [1.82, 2.24) is 0 Å². The minimum absolute atomic E-state index is 0. The molecule has 0 aliphatic carbocycles. The summed E-state index contributed by atoms with van der Waals surface area (Å²) in [6, 6.07) is 11.0. The van der Waals surface area contributed by atoms with E-state index in [9.17, 15) is 9.59 Å². The van der Waals surface area contributed by atoms with Crippen LogP contribution in [0.5, 0.6) is 0 Å². The van der Waals surface area contributed by atoms with Crippen LogP contribution < -0.4 is 26.9 Å². The topological polar surface area (TPSA) is 50.1 Å². The second kappa shape index (κ2) is 8.44. The van der Waals surface area contributed by atoms with Gasteiger partial charge in [0, 0.05) is 23.4 Å². The molecule has 4 nitrogen and oxygen atoms in total. The molecule has 1 aromatic heterocycles. The average molecular weight is 363 g/mol. The van der Waals surface area contributed by atoms with E-state index < -0.39 is 0 Å². The lowest BCUT2D eigenvalue weighted by Gasteiger charge is -2.05. The van der Waals surface area contributed by atoms with Crippen molar-refractivity contribution in [1.29, 1.82) is 0 Å². The number of anilines is 1. The van der Waals surface area contributed by atoms with Crippen molar-refractivity contribution in [2.45, 2.75) is 26.8 Å². The molecular weight excluding hydrogens is 344 g/mol. The molecule has 0 unspecified atom stereocenters. The van der Waals surface area contributed by atoms with Crippen molar-refractivity contribution in [3.8, 4) is 0 Å². The molecule has 0 aliphatic heterocycles. The molecule has 0 radical (unpaired) electrons.